The molecule has 0 heterocycles. The van der Waals surface area contributed by atoms with Gasteiger partial charge in [0.1, 0.15) is 5.75 Å². The summed E-state index contributed by atoms with van der Waals surface area (Å²) in [4.78, 5) is 11.6. The third-order valence-corrected chi connectivity index (χ3v) is 2.48. The Balaban J connectivity index is 2.29. The second-order valence-electron chi connectivity index (χ2n) is 4.12. The van der Waals surface area contributed by atoms with Gasteiger partial charge in [-0.15, -0.1) is 0 Å². The molecule has 0 aliphatic rings. The second kappa shape index (κ2) is 6.91. The summed E-state index contributed by atoms with van der Waals surface area (Å²) in [5, 5.41) is 21.3. The zero-order chi connectivity index (χ0) is 12.7. The van der Waals surface area contributed by atoms with Crippen LogP contribution in [0, 0.1) is 0 Å². The molecular formula is C13H19NO3. The number of benzene rings is 1. The first-order valence-corrected chi connectivity index (χ1v) is 5.85. The van der Waals surface area contributed by atoms with Gasteiger partial charge in [0.15, 0.2) is 0 Å². The van der Waals surface area contributed by atoms with Gasteiger partial charge in [-0.3, -0.25) is 4.79 Å². The van der Waals surface area contributed by atoms with E-state index < -0.39 is 0 Å². The molecule has 1 aromatic rings. The predicted molar refractivity (Wildman–Crippen MR) is 66.0 cm³/mol. The number of hydrogen-bond acceptors (Lipinski definition) is 3. The van der Waals surface area contributed by atoms with E-state index in [4.69, 9.17) is 5.11 Å². The molecule has 0 saturated heterocycles. The first kappa shape index (κ1) is 13.5. The van der Waals surface area contributed by atoms with Crippen molar-refractivity contribution < 1.29 is 15.0 Å². The summed E-state index contributed by atoms with van der Waals surface area (Å²) in [6.07, 6.45) is 2.15. The Morgan fingerprint density at radius 3 is 2.71 bits per heavy atom. The molecule has 0 aromatic heterocycles. The van der Waals surface area contributed by atoms with Crippen LogP contribution in [0.15, 0.2) is 24.3 Å². The minimum absolute atomic E-state index is 0.00557. The Morgan fingerprint density at radius 1 is 1.35 bits per heavy atom. The fourth-order valence-electron chi connectivity index (χ4n) is 1.53. The van der Waals surface area contributed by atoms with Gasteiger partial charge in [0.2, 0.25) is 0 Å². The van der Waals surface area contributed by atoms with E-state index in [1.54, 1.807) is 25.1 Å². The van der Waals surface area contributed by atoms with E-state index in [9.17, 15) is 9.90 Å². The van der Waals surface area contributed by atoms with Gasteiger partial charge >= 0.3 is 0 Å². The molecule has 1 rings (SSSR count). The Morgan fingerprint density at radius 2 is 2.06 bits per heavy atom. The number of rotatable bonds is 6. The van der Waals surface area contributed by atoms with Crippen molar-refractivity contribution in [2.45, 2.75) is 32.3 Å². The van der Waals surface area contributed by atoms with Gasteiger partial charge in [-0.25, -0.2) is 0 Å². The molecule has 4 heteroatoms. The van der Waals surface area contributed by atoms with Crippen molar-refractivity contribution in [1.29, 1.82) is 0 Å². The number of phenolic OH excluding ortho intramolecular Hbond substituents is 1. The maximum atomic E-state index is 11.6. The quantitative estimate of drug-likeness (QED) is 0.659. The van der Waals surface area contributed by atoms with Crippen molar-refractivity contribution in [2.24, 2.45) is 0 Å². The average Bonchev–Trinajstić information content (AvgIpc) is 2.28. The number of aliphatic hydroxyl groups excluding tert-OH is 1. The highest BCUT2D eigenvalue weighted by Crippen LogP contribution is 2.14. The molecule has 0 bridgehead atoms. The summed E-state index contributed by atoms with van der Waals surface area (Å²) in [5.41, 5.74) is 0.294. The molecule has 1 amide bonds. The van der Waals surface area contributed by atoms with Crippen LogP contribution in [-0.2, 0) is 0 Å². The first-order valence-electron chi connectivity index (χ1n) is 5.85. The molecule has 0 unspecified atom stereocenters. The van der Waals surface area contributed by atoms with Crippen LogP contribution in [0.25, 0.3) is 0 Å². The van der Waals surface area contributed by atoms with E-state index in [1.165, 1.54) is 6.07 Å². The van der Waals surface area contributed by atoms with Crippen LogP contribution in [0.3, 0.4) is 0 Å². The highest BCUT2D eigenvalue weighted by Gasteiger charge is 2.08. The molecule has 4 nitrogen and oxygen atoms in total. The Hall–Kier alpha value is -1.55. The van der Waals surface area contributed by atoms with Crippen LogP contribution in [-0.4, -0.2) is 28.8 Å². The molecule has 0 aliphatic heterocycles. The molecule has 0 aliphatic carbocycles. The topological polar surface area (TPSA) is 69.6 Å². The second-order valence-corrected chi connectivity index (χ2v) is 4.12. The number of hydrogen-bond donors (Lipinski definition) is 3. The third-order valence-electron chi connectivity index (χ3n) is 2.48. The molecule has 1 aromatic carbocycles. The molecule has 0 fully saturated rings. The molecule has 1 atom stereocenters. The number of nitrogens with one attached hydrogen (secondary N) is 1. The van der Waals surface area contributed by atoms with Crippen LogP contribution < -0.4 is 5.32 Å². The summed E-state index contributed by atoms with van der Waals surface area (Å²) >= 11 is 0. The van der Waals surface area contributed by atoms with E-state index >= 15 is 0 Å². The number of unbranched alkanes of at least 4 members (excludes halogenated alkanes) is 1. The normalized spacial score (nSPS) is 12.1. The molecule has 94 valence electrons. The highest BCUT2D eigenvalue weighted by molar-refractivity contribution is 5.96. The average molecular weight is 237 g/mol. The maximum absolute atomic E-state index is 11.6. The van der Waals surface area contributed by atoms with Gasteiger partial charge in [0.05, 0.1) is 11.7 Å². The zero-order valence-electron chi connectivity index (χ0n) is 10.0. The Kier molecular flexibility index (Phi) is 5.49. The predicted octanol–water partition coefficient (Wildman–Crippen LogP) is 1.67. The van der Waals surface area contributed by atoms with Crippen molar-refractivity contribution in [3.05, 3.63) is 29.8 Å². The number of carbonyl (C=O) groups excluding carboxylic acids is 1. The first-order chi connectivity index (χ1) is 8.11. The van der Waals surface area contributed by atoms with Gasteiger partial charge in [-0.05, 0) is 38.3 Å². The number of carbonyl (C=O) groups is 1. The maximum Gasteiger partial charge on any atom is 0.255 e. The molecule has 0 radical (unpaired) electrons. The van der Waals surface area contributed by atoms with Crippen LogP contribution in [0.2, 0.25) is 0 Å². The number of aliphatic hydroxyl groups is 1. The Labute approximate surface area is 101 Å². The lowest BCUT2D eigenvalue weighted by molar-refractivity contribution is 0.0950. The van der Waals surface area contributed by atoms with Crippen molar-refractivity contribution in [3.63, 3.8) is 0 Å². The van der Waals surface area contributed by atoms with Gasteiger partial charge in [-0.1, -0.05) is 12.1 Å². The molecule has 17 heavy (non-hydrogen) atoms. The largest absolute Gasteiger partial charge is 0.507 e. The molecular weight excluding hydrogens is 218 g/mol. The fraction of sp³-hybridized carbons (Fsp3) is 0.462. The van der Waals surface area contributed by atoms with Crippen molar-refractivity contribution in [3.8, 4) is 5.75 Å². The van der Waals surface area contributed by atoms with Crippen LogP contribution >= 0.6 is 0 Å². The van der Waals surface area contributed by atoms with Crippen LogP contribution in [0.1, 0.15) is 36.5 Å². The summed E-state index contributed by atoms with van der Waals surface area (Å²) in [5.74, 6) is -0.269. The fourth-order valence-corrected chi connectivity index (χ4v) is 1.53. The smallest absolute Gasteiger partial charge is 0.255 e. The van der Waals surface area contributed by atoms with Crippen LogP contribution in [0.5, 0.6) is 5.75 Å². The van der Waals surface area contributed by atoms with E-state index in [0.717, 1.165) is 19.3 Å². The number of phenols is 1. The van der Waals surface area contributed by atoms with E-state index in [1.807, 2.05) is 0 Å². The molecule has 3 N–H and O–H groups in total. The summed E-state index contributed by atoms with van der Waals surface area (Å²) < 4.78 is 0. The Bertz CT molecular complexity index is 363. The van der Waals surface area contributed by atoms with Gasteiger partial charge in [-0.2, -0.15) is 0 Å². The molecule has 0 saturated carbocycles. The van der Waals surface area contributed by atoms with Crippen molar-refractivity contribution >= 4 is 5.91 Å². The minimum atomic E-state index is -0.288. The lowest BCUT2D eigenvalue weighted by Crippen LogP contribution is -2.24. The number of amides is 1. The van der Waals surface area contributed by atoms with E-state index in [-0.39, 0.29) is 17.8 Å². The monoisotopic (exact) mass is 237 g/mol. The summed E-state index contributed by atoms with van der Waals surface area (Å²) in [6, 6.07) is 6.46. The summed E-state index contributed by atoms with van der Waals surface area (Å²) in [7, 11) is 0. The standard InChI is InChI=1S/C13H19NO3/c1-10(15)6-4-5-9-14-13(17)11-7-2-3-8-12(11)16/h2-3,7-8,10,15-16H,4-6,9H2,1H3,(H,14,17)/t10-/m1/s1. The van der Waals surface area contributed by atoms with Gasteiger partial charge < -0.3 is 15.5 Å². The lowest BCUT2D eigenvalue weighted by Gasteiger charge is -2.07. The van der Waals surface area contributed by atoms with Crippen molar-refractivity contribution in [1.82, 2.24) is 5.32 Å². The lowest BCUT2D eigenvalue weighted by atomic mass is 10.1. The van der Waals surface area contributed by atoms with Crippen LogP contribution in [0.4, 0.5) is 0 Å². The summed E-state index contributed by atoms with van der Waals surface area (Å²) in [6.45, 7) is 2.31. The zero-order valence-corrected chi connectivity index (χ0v) is 10.0. The number of aromatic hydroxyl groups is 1. The van der Waals surface area contributed by atoms with Gasteiger partial charge in [0, 0.05) is 6.54 Å². The van der Waals surface area contributed by atoms with E-state index in [0.29, 0.717) is 12.1 Å². The minimum Gasteiger partial charge on any atom is -0.507 e. The van der Waals surface area contributed by atoms with E-state index in [2.05, 4.69) is 5.32 Å². The third kappa shape index (κ3) is 4.87. The SMILES string of the molecule is C[C@@H](O)CCCCNC(=O)c1ccccc1O. The van der Waals surface area contributed by atoms with Gasteiger partial charge in [0.25, 0.3) is 5.91 Å². The number of para-hydroxylation sites is 1. The molecule has 0 spiro atoms. The van der Waals surface area contributed by atoms with Crippen molar-refractivity contribution in [2.75, 3.05) is 6.54 Å². The highest BCUT2D eigenvalue weighted by atomic mass is 16.3.